The van der Waals surface area contributed by atoms with Gasteiger partial charge in [-0.3, -0.25) is 4.90 Å². The fourth-order valence-electron chi connectivity index (χ4n) is 2.54. The Kier molecular flexibility index (Phi) is 3.79. The first-order chi connectivity index (χ1) is 9.74. The van der Waals surface area contributed by atoms with Crippen molar-refractivity contribution in [2.45, 2.75) is 6.67 Å². The van der Waals surface area contributed by atoms with Gasteiger partial charge in [0.15, 0.2) is 6.67 Å². The molecule has 0 aliphatic carbocycles. The van der Waals surface area contributed by atoms with E-state index in [4.69, 9.17) is 12.2 Å². The van der Waals surface area contributed by atoms with E-state index in [1.807, 2.05) is 28.6 Å². The third-order valence-corrected chi connectivity index (χ3v) is 4.26. The summed E-state index contributed by atoms with van der Waals surface area (Å²) in [7, 11) is 1.93. The molecule has 0 amide bonds. The van der Waals surface area contributed by atoms with Crippen molar-refractivity contribution in [3.63, 3.8) is 0 Å². The molecule has 0 saturated carbocycles. The van der Waals surface area contributed by atoms with Gasteiger partial charge in [0.05, 0.1) is 6.20 Å². The number of aromatic amines is 1. The molecule has 0 spiro atoms. The molecule has 3 heterocycles. The van der Waals surface area contributed by atoms with Crippen molar-refractivity contribution in [1.82, 2.24) is 14.3 Å². The summed E-state index contributed by atoms with van der Waals surface area (Å²) in [4.78, 5) is 7.20. The van der Waals surface area contributed by atoms with Crippen molar-refractivity contribution in [2.24, 2.45) is 7.05 Å². The van der Waals surface area contributed by atoms with E-state index in [0.29, 0.717) is 0 Å². The highest BCUT2D eigenvalue weighted by molar-refractivity contribution is 7.71. The Morgan fingerprint density at radius 2 is 2.15 bits per heavy atom. The standard InChI is InChI=1S/C13H18N6S/c1-16-10-15-19(13(16)20)11-17-6-8-18(9-7-17)12-4-2-3-5-14-12/h2-5,10H,6-9,11H2,1H3/p+2. The molecular weight excluding hydrogens is 272 g/mol. The molecule has 20 heavy (non-hydrogen) atoms. The summed E-state index contributed by atoms with van der Waals surface area (Å²) >= 11 is 5.33. The number of anilines is 1. The molecule has 106 valence electrons. The van der Waals surface area contributed by atoms with E-state index in [1.165, 1.54) is 10.7 Å². The van der Waals surface area contributed by atoms with Gasteiger partial charge < -0.3 is 9.47 Å². The van der Waals surface area contributed by atoms with Crippen LogP contribution < -0.4 is 14.8 Å². The van der Waals surface area contributed by atoms with Gasteiger partial charge in [-0.1, -0.05) is 6.07 Å². The van der Waals surface area contributed by atoms with Crippen LogP contribution in [0.2, 0.25) is 0 Å². The Balaban J connectivity index is 1.59. The number of hydrogen-bond acceptors (Lipinski definition) is 3. The average Bonchev–Trinajstić information content (AvgIpc) is 2.81. The number of nitrogens with zero attached hydrogens (tertiary/aromatic N) is 4. The quantitative estimate of drug-likeness (QED) is 0.748. The Labute approximate surface area is 123 Å². The minimum Gasteiger partial charge on any atom is -0.310 e. The number of aryl methyl sites for hydroxylation is 1. The molecule has 0 atom stereocenters. The van der Waals surface area contributed by atoms with E-state index in [-0.39, 0.29) is 0 Å². The lowest BCUT2D eigenvalue weighted by atomic mass is 10.3. The van der Waals surface area contributed by atoms with Gasteiger partial charge in [0.2, 0.25) is 4.77 Å². The van der Waals surface area contributed by atoms with E-state index in [9.17, 15) is 0 Å². The molecule has 2 aromatic rings. The van der Waals surface area contributed by atoms with Crippen LogP contribution in [-0.2, 0) is 13.7 Å². The number of nitrogens with one attached hydrogen (secondary N) is 2. The Hall–Kier alpha value is -1.73. The summed E-state index contributed by atoms with van der Waals surface area (Å²) in [5, 5.41) is 4.32. The zero-order valence-electron chi connectivity index (χ0n) is 11.6. The fourth-order valence-corrected chi connectivity index (χ4v) is 2.70. The number of pyridine rings is 1. The highest BCUT2D eigenvalue weighted by Crippen LogP contribution is 2.04. The molecular formula is C13H20N6S+2. The normalized spacial score (nSPS) is 16.6. The average molecular weight is 292 g/mol. The second-order valence-corrected chi connectivity index (χ2v) is 5.53. The van der Waals surface area contributed by atoms with Crippen LogP contribution in [0.1, 0.15) is 0 Å². The molecule has 1 saturated heterocycles. The molecule has 0 bridgehead atoms. The van der Waals surface area contributed by atoms with Crippen LogP contribution in [0.25, 0.3) is 0 Å². The number of rotatable bonds is 3. The first-order valence-electron chi connectivity index (χ1n) is 6.88. The van der Waals surface area contributed by atoms with Gasteiger partial charge >= 0.3 is 0 Å². The molecule has 0 radical (unpaired) electrons. The summed E-state index contributed by atoms with van der Waals surface area (Å²) < 4.78 is 4.58. The molecule has 1 fully saturated rings. The van der Waals surface area contributed by atoms with Crippen molar-refractivity contribution >= 4 is 18.0 Å². The predicted molar refractivity (Wildman–Crippen MR) is 77.9 cm³/mol. The van der Waals surface area contributed by atoms with Crippen molar-refractivity contribution < 1.29 is 9.88 Å². The maximum Gasteiger partial charge on any atom is 0.274 e. The first-order valence-corrected chi connectivity index (χ1v) is 7.28. The number of aromatic nitrogens is 4. The topological polar surface area (TPSA) is 44.6 Å². The van der Waals surface area contributed by atoms with Crippen LogP contribution >= 0.6 is 12.2 Å². The second-order valence-electron chi connectivity index (χ2n) is 5.17. The molecule has 2 N–H and O–H groups in total. The Morgan fingerprint density at radius 1 is 1.35 bits per heavy atom. The number of piperazine rings is 1. The number of H-pyrrole nitrogens is 1. The Bertz CT molecular complexity index is 611. The van der Waals surface area contributed by atoms with Gasteiger partial charge in [0, 0.05) is 13.1 Å². The third kappa shape index (κ3) is 2.73. The second kappa shape index (κ2) is 5.72. The summed E-state index contributed by atoms with van der Waals surface area (Å²) in [5.41, 5.74) is 0. The molecule has 1 aliphatic rings. The minimum absolute atomic E-state index is 0.788. The van der Waals surface area contributed by atoms with Gasteiger partial charge in [-0.05, 0) is 18.3 Å². The Morgan fingerprint density at radius 3 is 2.75 bits per heavy atom. The molecule has 0 aromatic carbocycles. The lowest BCUT2D eigenvalue weighted by molar-refractivity contribution is -0.924. The third-order valence-electron chi connectivity index (χ3n) is 3.76. The largest absolute Gasteiger partial charge is 0.310 e. The van der Waals surface area contributed by atoms with Crippen molar-refractivity contribution in [1.29, 1.82) is 0 Å². The summed E-state index contributed by atoms with van der Waals surface area (Å²) in [5.74, 6) is 1.20. The minimum atomic E-state index is 0.788. The molecule has 2 aromatic heterocycles. The van der Waals surface area contributed by atoms with E-state index in [0.717, 1.165) is 37.6 Å². The SMILES string of the molecule is Cn1cnn(C[NH+]2CCN(c3cccc[nH+]3)CC2)c1=S. The highest BCUT2D eigenvalue weighted by Gasteiger charge is 2.26. The molecule has 0 unspecified atom stereocenters. The van der Waals surface area contributed by atoms with Crippen LogP contribution in [0.4, 0.5) is 5.82 Å². The van der Waals surface area contributed by atoms with Crippen LogP contribution in [0, 0.1) is 4.77 Å². The van der Waals surface area contributed by atoms with E-state index >= 15 is 0 Å². The van der Waals surface area contributed by atoms with E-state index in [2.05, 4.69) is 27.1 Å². The molecule has 3 rings (SSSR count). The molecule has 7 heteroatoms. The van der Waals surface area contributed by atoms with Crippen molar-refractivity contribution in [3.8, 4) is 0 Å². The smallest absolute Gasteiger partial charge is 0.274 e. The number of hydrogen-bond donors (Lipinski definition) is 1. The van der Waals surface area contributed by atoms with Crippen molar-refractivity contribution in [2.75, 3.05) is 31.1 Å². The zero-order chi connectivity index (χ0) is 13.9. The lowest BCUT2D eigenvalue weighted by Gasteiger charge is -2.27. The van der Waals surface area contributed by atoms with Gasteiger partial charge in [-0.15, -0.1) is 0 Å². The highest BCUT2D eigenvalue weighted by atomic mass is 32.1. The fraction of sp³-hybridized carbons (Fsp3) is 0.462. The lowest BCUT2D eigenvalue weighted by Crippen LogP contribution is -3.14. The van der Waals surface area contributed by atoms with E-state index < -0.39 is 0 Å². The van der Waals surface area contributed by atoms with Gasteiger partial charge in [0.25, 0.3) is 5.82 Å². The monoisotopic (exact) mass is 292 g/mol. The molecule has 6 nitrogen and oxygen atoms in total. The van der Waals surface area contributed by atoms with Crippen LogP contribution in [0.3, 0.4) is 0 Å². The van der Waals surface area contributed by atoms with Crippen LogP contribution in [0.5, 0.6) is 0 Å². The summed E-state index contributed by atoms with van der Waals surface area (Å²) in [6.45, 7) is 5.15. The van der Waals surface area contributed by atoms with Gasteiger partial charge in [-0.25, -0.2) is 4.98 Å². The maximum atomic E-state index is 5.33. The predicted octanol–water partition coefficient (Wildman–Crippen LogP) is -0.872. The van der Waals surface area contributed by atoms with Gasteiger partial charge in [-0.2, -0.15) is 9.78 Å². The van der Waals surface area contributed by atoms with Crippen LogP contribution in [-0.4, -0.2) is 40.5 Å². The van der Waals surface area contributed by atoms with Crippen molar-refractivity contribution in [3.05, 3.63) is 35.5 Å². The summed E-state index contributed by atoms with van der Waals surface area (Å²) in [6, 6.07) is 6.20. The van der Waals surface area contributed by atoms with Crippen LogP contribution in [0.15, 0.2) is 30.7 Å². The van der Waals surface area contributed by atoms with Gasteiger partial charge in [0.1, 0.15) is 32.5 Å². The number of quaternary nitrogens is 1. The zero-order valence-corrected chi connectivity index (χ0v) is 12.4. The molecule has 1 aliphatic heterocycles. The first kappa shape index (κ1) is 13.3. The van der Waals surface area contributed by atoms with E-state index in [1.54, 1.807) is 6.33 Å². The summed E-state index contributed by atoms with van der Waals surface area (Å²) in [6.07, 6.45) is 3.75. The maximum absolute atomic E-state index is 5.33.